The van der Waals surface area contributed by atoms with E-state index in [1.54, 1.807) is 36.2 Å². The molecule has 0 radical (unpaired) electrons. The molecule has 0 heterocycles. The van der Waals surface area contributed by atoms with E-state index < -0.39 is 0 Å². The summed E-state index contributed by atoms with van der Waals surface area (Å²) in [5, 5.41) is 5.83. The van der Waals surface area contributed by atoms with Crippen molar-refractivity contribution in [2.45, 2.75) is 26.8 Å². The first-order valence-electron chi connectivity index (χ1n) is 8.85. The minimum absolute atomic E-state index is 0.0859. The maximum atomic E-state index is 12.7. The Morgan fingerprint density at radius 1 is 1.07 bits per heavy atom. The highest BCUT2D eigenvalue weighted by Crippen LogP contribution is 2.14. The van der Waals surface area contributed by atoms with E-state index in [9.17, 15) is 9.59 Å². The van der Waals surface area contributed by atoms with E-state index in [1.807, 2.05) is 44.2 Å². The summed E-state index contributed by atoms with van der Waals surface area (Å²) in [5.74, 6) is 0.0449. The number of nitrogens with zero attached hydrogens (tertiary/aromatic N) is 1. The van der Waals surface area contributed by atoms with Gasteiger partial charge in [0.05, 0.1) is 0 Å². The standard InChI is InChI=1S/C21H25N3O2S/c1-15(2)12-19(25)23-21(27)22-18-11-7-10-17(13-18)20(26)24(3)14-16-8-5-4-6-9-16/h4-11,13,15H,12,14H2,1-3H3,(H2,22,23,25,27). The second kappa shape index (κ2) is 9.83. The average Bonchev–Trinajstić information content (AvgIpc) is 2.61. The molecule has 0 saturated heterocycles. The summed E-state index contributed by atoms with van der Waals surface area (Å²) in [7, 11) is 1.77. The molecule has 2 rings (SSSR count). The van der Waals surface area contributed by atoms with Gasteiger partial charge in [-0.1, -0.05) is 50.2 Å². The van der Waals surface area contributed by atoms with Gasteiger partial charge in [-0.2, -0.15) is 0 Å². The molecule has 2 N–H and O–H groups in total. The maximum Gasteiger partial charge on any atom is 0.253 e. The van der Waals surface area contributed by atoms with Crippen molar-refractivity contribution < 1.29 is 9.59 Å². The fourth-order valence-electron chi connectivity index (χ4n) is 2.59. The predicted octanol–water partition coefficient (Wildman–Crippen LogP) is 3.82. The number of thiocarbonyl (C=S) groups is 1. The molecule has 142 valence electrons. The number of nitrogens with one attached hydrogen (secondary N) is 2. The molecule has 0 aliphatic rings. The van der Waals surface area contributed by atoms with Crippen LogP contribution in [0.2, 0.25) is 0 Å². The summed E-state index contributed by atoms with van der Waals surface area (Å²) in [6.45, 7) is 4.47. The number of hydrogen-bond donors (Lipinski definition) is 2. The van der Waals surface area contributed by atoms with Gasteiger partial charge in [-0.15, -0.1) is 0 Å². The topological polar surface area (TPSA) is 61.4 Å². The van der Waals surface area contributed by atoms with Crippen molar-refractivity contribution in [3.63, 3.8) is 0 Å². The number of anilines is 1. The Morgan fingerprint density at radius 3 is 2.44 bits per heavy atom. The smallest absolute Gasteiger partial charge is 0.253 e. The molecule has 0 bridgehead atoms. The summed E-state index contributed by atoms with van der Waals surface area (Å²) < 4.78 is 0. The highest BCUT2D eigenvalue weighted by Gasteiger charge is 2.13. The zero-order chi connectivity index (χ0) is 19.8. The van der Waals surface area contributed by atoms with Gasteiger partial charge in [0.1, 0.15) is 0 Å². The third-order valence-corrected chi connectivity index (χ3v) is 4.03. The van der Waals surface area contributed by atoms with Crippen molar-refractivity contribution in [3.05, 3.63) is 65.7 Å². The Bertz CT molecular complexity index is 806. The van der Waals surface area contributed by atoms with Gasteiger partial charge in [0.25, 0.3) is 5.91 Å². The summed E-state index contributed by atoms with van der Waals surface area (Å²) in [6.07, 6.45) is 0.407. The number of carbonyl (C=O) groups excluding carboxylic acids is 2. The predicted molar refractivity (Wildman–Crippen MR) is 112 cm³/mol. The minimum Gasteiger partial charge on any atom is -0.337 e. The van der Waals surface area contributed by atoms with E-state index in [1.165, 1.54) is 0 Å². The molecule has 2 amide bonds. The summed E-state index contributed by atoms with van der Waals surface area (Å²) in [4.78, 5) is 26.1. The number of hydrogen-bond acceptors (Lipinski definition) is 3. The molecule has 0 aliphatic heterocycles. The van der Waals surface area contributed by atoms with E-state index in [0.717, 1.165) is 5.56 Å². The second-order valence-corrected chi connectivity index (χ2v) is 7.24. The molecule has 6 heteroatoms. The Labute approximate surface area is 165 Å². The lowest BCUT2D eigenvalue weighted by Crippen LogP contribution is -2.34. The van der Waals surface area contributed by atoms with Gasteiger partial charge in [-0.25, -0.2) is 0 Å². The van der Waals surface area contributed by atoms with Crippen molar-refractivity contribution in [2.24, 2.45) is 5.92 Å². The van der Waals surface area contributed by atoms with E-state index in [0.29, 0.717) is 24.2 Å². The lowest BCUT2D eigenvalue weighted by atomic mass is 10.1. The normalized spacial score (nSPS) is 10.4. The SMILES string of the molecule is CC(C)CC(=O)NC(=S)Nc1cccc(C(=O)N(C)Cc2ccccc2)c1. The van der Waals surface area contributed by atoms with E-state index in [-0.39, 0.29) is 22.8 Å². The summed E-state index contributed by atoms with van der Waals surface area (Å²) in [5.41, 5.74) is 2.27. The average molecular weight is 384 g/mol. The van der Waals surface area contributed by atoms with Gasteiger partial charge < -0.3 is 15.5 Å². The van der Waals surface area contributed by atoms with Crippen molar-refractivity contribution in [3.8, 4) is 0 Å². The maximum absolute atomic E-state index is 12.7. The van der Waals surface area contributed by atoms with Gasteiger partial charge in [0.15, 0.2) is 5.11 Å². The first-order valence-corrected chi connectivity index (χ1v) is 9.26. The monoisotopic (exact) mass is 383 g/mol. The third kappa shape index (κ3) is 6.83. The number of amides is 2. The molecular formula is C21H25N3O2S. The Hall–Kier alpha value is -2.73. The fourth-order valence-corrected chi connectivity index (χ4v) is 2.82. The van der Waals surface area contributed by atoms with Crippen LogP contribution < -0.4 is 10.6 Å². The lowest BCUT2D eigenvalue weighted by Gasteiger charge is -2.18. The molecule has 0 fully saturated rings. The molecule has 5 nitrogen and oxygen atoms in total. The second-order valence-electron chi connectivity index (χ2n) is 6.83. The van der Waals surface area contributed by atoms with Gasteiger partial charge >= 0.3 is 0 Å². The zero-order valence-electron chi connectivity index (χ0n) is 15.9. The van der Waals surface area contributed by atoms with Crippen LogP contribution >= 0.6 is 12.2 Å². The molecule has 2 aromatic rings. The summed E-state index contributed by atoms with van der Waals surface area (Å²) >= 11 is 5.17. The van der Waals surface area contributed by atoms with Crippen molar-refractivity contribution in [2.75, 3.05) is 12.4 Å². The third-order valence-electron chi connectivity index (χ3n) is 3.82. The largest absolute Gasteiger partial charge is 0.337 e. The van der Waals surface area contributed by atoms with Crippen LogP contribution in [0, 0.1) is 5.92 Å². The van der Waals surface area contributed by atoms with Crippen molar-refractivity contribution in [1.82, 2.24) is 10.2 Å². The van der Waals surface area contributed by atoms with Gasteiger partial charge in [0.2, 0.25) is 5.91 Å². The van der Waals surface area contributed by atoms with Crippen molar-refractivity contribution >= 4 is 34.8 Å². The van der Waals surface area contributed by atoms with Crippen LogP contribution in [0.1, 0.15) is 36.2 Å². The molecule has 0 atom stereocenters. The van der Waals surface area contributed by atoms with Crippen molar-refractivity contribution in [1.29, 1.82) is 0 Å². The van der Waals surface area contributed by atoms with Gasteiger partial charge in [-0.05, 0) is 41.9 Å². The van der Waals surface area contributed by atoms with E-state index in [2.05, 4.69) is 10.6 Å². The fraction of sp³-hybridized carbons (Fsp3) is 0.286. The lowest BCUT2D eigenvalue weighted by molar-refractivity contribution is -0.120. The molecule has 0 aromatic heterocycles. The molecule has 0 unspecified atom stereocenters. The van der Waals surface area contributed by atoms with Gasteiger partial charge in [-0.3, -0.25) is 9.59 Å². The van der Waals surface area contributed by atoms with Crippen LogP contribution in [0.15, 0.2) is 54.6 Å². The van der Waals surface area contributed by atoms with Crippen LogP contribution in [0.3, 0.4) is 0 Å². The van der Waals surface area contributed by atoms with Gasteiger partial charge in [0, 0.05) is 31.3 Å². The first-order chi connectivity index (χ1) is 12.8. The Balaban J connectivity index is 1.98. The molecule has 0 aliphatic carbocycles. The highest BCUT2D eigenvalue weighted by molar-refractivity contribution is 7.80. The van der Waals surface area contributed by atoms with Crippen LogP contribution in [0.25, 0.3) is 0 Å². The number of benzene rings is 2. The van der Waals surface area contributed by atoms with Crippen LogP contribution in [0.5, 0.6) is 0 Å². The quantitative estimate of drug-likeness (QED) is 0.745. The molecule has 0 spiro atoms. The molecule has 2 aromatic carbocycles. The zero-order valence-corrected chi connectivity index (χ0v) is 16.7. The molecule has 27 heavy (non-hydrogen) atoms. The molecular weight excluding hydrogens is 358 g/mol. The minimum atomic E-state index is -0.127. The first kappa shape index (κ1) is 20.6. The van der Waals surface area contributed by atoms with Crippen LogP contribution in [0.4, 0.5) is 5.69 Å². The van der Waals surface area contributed by atoms with Crippen LogP contribution in [-0.2, 0) is 11.3 Å². The highest BCUT2D eigenvalue weighted by atomic mass is 32.1. The Morgan fingerprint density at radius 2 is 1.78 bits per heavy atom. The summed E-state index contributed by atoms with van der Waals surface area (Å²) in [6, 6.07) is 16.9. The van der Waals surface area contributed by atoms with Crippen LogP contribution in [-0.4, -0.2) is 28.9 Å². The number of carbonyl (C=O) groups is 2. The van der Waals surface area contributed by atoms with E-state index >= 15 is 0 Å². The van der Waals surface area contributed by atoms with E-state index in [4.69, 9.17) is 12.2 Å². The Kier molecular flexibility index (Phi) is 7.49. The number of rotatable bonds is 6. The molecule has 0 saturated carbocycles.